The number of ether oxygens (including phenoxy) is 1. The molecule has 1 heterocycles. The second kappa shape index (κ2) is 7.29. The van der Waals surface area contributed by atoms with Gasteiger partial charge in [0.1, 0.15) is 10.6 Å². The normalized spacial score (nSPS) is 16.3. The highest BCUT2D eigenvalue weighted by Gasteiger charge is 2.28. The SMILES string of the molecule is COc1ccsc1C(=O)N(CCBr)C1CCCCC1. The Labute approximate surface area is 127 Å². The third-order valence-corrected chi connectivity index (χ3v) is 4.88. The molecule has 5 heteroatoms. The molecule has 1 fully saturated rings. The summed E-state index contributed by atoms with van der Waals surface area (Å²) in [5, 5.41) is 2.74. The van der Waals surface area contributed by atoms with E-state index in [2.05, 4.69) is 15.9 Å². The number of thiophene rings is 1. The summed E-state index contributed by atoms with van der Waals surface area (Å²) in [6.45, 7) is 0.768. The van der Waals surface area contributed by atoms with Crippen LogP contribution in [0.25, 0.3) is 0 Å². The van der Waals surface area contributed by atoms with Gasteiger partial charge < -0.3 is 9.64 Å². The minimum atomic E-state index is 0.123. The average molecular weight is 346 g/mol. The minimum absolute atomic E-state index is 0.123. The van der Waals surface area contributed by atoms with Crippen molar-refractivity contribution in [2.45, 2.75) is 38.1 Å². The Kier molecular flexibility index (Phi) is 5.70. The maximum atomic E-state index is 12.7. The molecule has 1 saturated carbocycles. The Hall–Kier alpha value is -0.550. The lowest BCUT2D eigenvalue weighted by Gasteiger charge is -2.34. The van der Waals surface area contributed by atoms with Gasteiger partial charge in [0.15, 0.2) is 0 Å². The fourth-order valence-electron chi connectivity index (χ4n) is 2.68. The van der Waals surface area contributed by atoms with Crippen molar-refractivity contribution in [3.63, 3.8) is 0 Å². The first kappa shape index (κ1) is 14.9. The first-order valence-corrected chi connectivity index (χ1v) is 8.76. The Morgan fingerprint density at radius 2 is 2.21 bits per heavy atom. The lowest BCUT2D eigenvalue weighted by molar-refractivity contribution is 0.0653. The highest BCUT2D eigenvalue weighted by Crippen LogP contribution is 2.29. The Bertz CT molecular complexity index is 415. The molecule has 0 atom stereocenters. The molecule has 1 aliphatic rings. The van der Waals surface area contributed by atoms with Crippen LogP contribution in [-0.4, -0.2) is 35.8 Å². The highest BCUT2D eigenvalue weighted by molar-refractivity contribution is 9.09. The van der Waals surface area contributed by atoms with Crippen LogP contribution in [-0.2, 0) is 0 Å². The van der Waals surface area contributed by atoms with Gasteiger partial charge in [-0.25, -0.2) is 0 Å². The van der Waals surface area contributed by atoms with Gasteiger partial charge in [0.2, 0.25) is 0 Å². The summed E-state index contributed by atoms with van der Waals surface area (Å²) in [6, 6.07) is 2.26. The Morgan fingerprint density at radius 1 is 1.47 bits per heavy atom. The number of carbonyl (C=O) groups excluding carboxylic acids is 1. The number of carbonyl (C=O) groups is 1. The van der Waals surface area contributed by atoms with E-state index in [4.69, 9.17) is 4.74 Å². The maximum absolute atomic E-state index is 12.7. The zero-order valence-electron chi connectivity index (χ0n) is 11.2. The van der Waals surface area contributed by atoms with E-state index in [1.54, 1.807) is 7.11 Å². The molecule has 0 unspecified atom stereocenters. The van der Waals surface area contributed by atoms with E-state index in [9.17, 15) is 4.79 Å². The fourth-order valence-corrected chi connectivity index (χ4v) is 3.87. The predicted octanol–water partition coefficient (Wildman–Crippen LogP) is 3.93. The zero-order valence-corrected chi connectivity index (χ0v) is 13.6. The largest absolute Gasteiger partial charge is 0.495 e. The van der Waals surface area contributed by atoms with Crippen LogP contribution in [0.2, 0.25) is 0 Å². The molecule has 1 aromatic heterocycles. The standard InChI is InChI=1S/C14H20BrNO2S/c1-18-12-7-10-19-13(12)14(17)16(9-8-15)11-5-3-2-4-6-11/h7,10-11H,2-6,8-9H2,1H3. The molecule has 0 aliphatic heterocycles. The van der Waals surface area contributed by atoms with Crippen molar-refractivity contribution in [1.82, 2.24) is 4.90 Å². The van der Waals surface area contributed by atoms with Gasteiger partial charge in [-0.2, -0.15) is 0 Å². The number of nitrogens with zero attached hydrogens (tertiary/aromatic N) is 1. The fraction of sp³-hybridized carbons (Fsp3) is 0.643. The van der Waals surface area contributed by atoms with Crippen LogP contribution in [0, 0.1) is 0 Å². The molecule has 3 nitrogen and oxygen atoms in total. The molecule has 2 rings (SSSR count). The van der Waals surface area contributed by atoms with Crippen molar-refractivity contribution in [1.29, 1.82) is 0 Å². The van der Waals surface area contributed by atoms with Gasteiger partial charge in [0, 0.05) is 17.9 Å². The van der Waals surface area contributed by atoms with Crippen LogP contribution < -0.4 is 4.74 Å². The number of alkyl halides is 1. The Morgan fingerprint density at radius 3 is 2.84 bits per heavy atom. The van der Waals surface area contributed by atoms with Crippen molar-refractivity contribution in [2.24, 2.45) is 0 Å². The topological polar surface area (TPSA) is 29.5 Å². The predicted molar refractivity (Wildman–Crippen MR) is 82.6 cm³/mol. The van der Waals surface area contributed by atoms with Gasteiger partial charge in [-0.15, -0.1) is 11.3 Å². The number of rotatable bonds is 5. The molecule has 0 aromatic carbocycles. The average Bonchev–Trinajstić information content (AvgIpc) is 2.93. The quantitative estimate of drug-likeness (QED) is 0.756. The summed E-state index contributed by atoms with van der Waals surface area (Å²) in [4.78, 5) is 15.5. The summed E-state index contributed by atoms with van der Waals surface area (Å²) in [5.41, 5.74) is 0. The van der Waals surface area contributed by atoms with E-state index in [1.165, 1.54) is 30.6 Å². The number of halogens is 1. The van der Waals surface area contributed by atoms with Gasteiger partial charge in [0.25, 0.3) is 5.91 Å². The van der Waals surface area contributed by atoms with E-state index < -0.39 is 0 Å². The van der Waals surface area contributed by atoms with E-state index in [1.807, 2.05) is 16.3 Å². The van der Waals surface area contributed by atoms with Crippen molar-refractivity contribution in [3.05, 3.63) is 16.3 Å². The monoisotopic (exact) mass is 345 g/mol. The van der Waals surface area contributed by atoms with Crippen LogP contribution >= 0.6 is 27.3 Å². The molecule has 106 valence electrons. The molecule has 0 N–H and O–H groups in total. The molecule has 0 radical (unpaired) electrons. The van der Waals surface area contributed by atoms with E-state index >= 15 is 0 Å². The molecular weight excluding hydrogens is 326 g/mol. The zero-order chi connectivity index (χ0) is 13.7. The minimum Gasteiger partial charge on any atom is -0.495 e. The maximum Gasteiger partial charge on any atom is 0.268 e. The first-order valence-electron chi connectivity index (χ1n) is 6.76. The summed E-state index contributed by atoms with van der Waals surface area (Å²) >= 11 is 4.93. The van der Waals surface area contributed by atoms with E-state index in [0.29, 0.717) is 11.8 Å². The van der Waals surface area contributed by atoms with Crippen molar-refractivity contribution >= 4 is 33.2 Å². The molecule has 0 spiro atoms. The molecule has 19 heavy (non-hydrogen) atoms. The van der Waals surface area contributed by atoms with Gasteiger partial charge in [-0.3, -0.25) is 4.79 Å². The molecule has 1 aromatic rings. The van der Waals surface area contributed by atoms with Crippen molar-refractivity contribution in [3.8, 4) is 5.75 Å². The van der Waals surface area contributed by atoms with Crippen molar-refractivity contribution in [2.75, 3.05) is 19.0 Å². The van der Waals surface area contributed by atoms with E-state index in [0.717, 1.165) is 29.6 Å². The molecule has 0 saturated heterocycles. The van der Waals surface area contributed by atoms with Crippen LogP contribution in [0.1, 0.15) is 41.8 Å². The molecular formula is C14H20BrNO2S. The van der Waals surface area contributed by atoms with E-state index in [-0.39, 0.29) is 5.91 Å². The summed E-state index contributed by atoms with van der Waals surface area (Å²) < 4.78 is 5.27. The number of amides is 1. The van der Waals surface area contributed by atoms with Crippen molar-refractivity contribution < 1.29 is 9.53 Å². The Balaban J connectivity index is 2.15. The third-order valence-electron chi connectivity index (χ3n) is 3.65. The second-order valence-electron chi connectivity index (χ2n) is 4.80. The lowest BCUT2D eigenvalue weighted by Crippen LogP contribution is -2.42. The number of methoxy groups -OCH3 is 1. The lowest BCUT2D eigenvalue weighted by atomic mass is 9.94. The summed E-state index contributed by atoms with van der Waals surface area (Å²) in [6.07, 6.45) is 6.03. The molecule has 1 amide bonds. The number of hydrogen-bond donors (Lipinski definition) is 0. The van der Waals surface area contributed by atoms with Crippen LogP contribution in [0.15, 0.2) is 11.4 Å². The van der Waals surface area contributed by atoms with Gasteiger partial charge >= 0.3 is 0 Å². The van der Waals surface area contributed by atoms with Crippen LogP contribution in [0.4, 0.5) is 0 Å². The van der Waals surface area contributed by atoms with Crippen LogP contribution in [0.3, 0.4) is 0 Å². The highest BCUT2D eigenvalue weighted by atomic mass is 79.9. The summed E-state index contributed by atoms with van der Waals surface area (Å²) in [7, 11) is 1.62. The molecule has 0 bridgehead atoms. The van der Waals surface area contributed by atoms with Gasteiger partial charge in [-0.1, -0.05) is 35.2 Å². The smallest absolute Gasteiger partial charge is 0.268 e. The second-order valence-corrected chi connectivity index (χ2v) is 6.51. The van der Waals surface area contributed by atoms with Gasteiger partial charge in [-0.05, 0) is 24.3 Å². The number of hydrogen-bond acceptors (Lipinski definition) is 3. The summed E-state index contributed by atoms with van der Waals surface area (Å²) in [5.74, 6) is 0.823. The third kappa shape index (κ3) is 3.51. The van der Waals surface area contributed by atoms with Crippen LogP contribution in [0.5, 0.6) is 5.75 Å². The van der Waals surface area contributed by atoms with Gasteiger partial charge in [0.05, 0.1) is 7.11 Å². The first-order chi connectivity index (χ1) is 9.27. The molecule has 1 aliphatic carbocycles.